The van der Waals surface area contributed by atoms with Gasteiger partial charge in [0.25, 0.3) is 5.91 Å². The maximum Gasteiger partial charge on any atom is 0.255 e. The first-order chi connectivity index (χ1) is 16.6. The summed E-state index contributed by atoms with van der Waals surface area (Å²) < 4.78 is 0. The third-order valence-electron chi connectivity index (χ3n) is 7.60. The molecule has 0 aliphatic heterocycles. The van der Waals surface area contributed by atoms with Crippen LogP contribution in [0.4, 0.5) is 0 Å². The number of hydrogen-bond acceptors (Lipinski definition) is 7. The zero-order valence-corrected chi connectivity index (χ0v) is 18.8. The van der Waals surface area contributed by atoms with E-state index in [1.54, 1.807) is 30.3 Å². The van der Waals surface area contributed by atoms with Crippen LogP contribution < -0.4 is 5.73 Å². The Balaban J connectivity index is 1.68. The first-order valence-electron chi connectivity index (χ1n) is 11.3. The van der Waals surface area contributed by atoms with E-state index in [-0.39, 0.29) is 29.2 Å². The zero-order chi connectivity index (χ0) is 25.2. The van der Waals surface area contributed by atoms with Crippen molar-refractivity contribution in [2.24, 2.45) is 23.5 Å². The van der Waals surface area contributed by atoms with Gasteiger partial charge in [-0.05, 0) is 46.9 Å². The number of aliphatic hydroxyl groups excluding tert-OH is 2. The fraction of sp³-hybridized carbons (Fsp3) is 0.259. The van der Waals surface area contributed by atoms with E-state index in [0.717, 1.165) is 17.4 Å². The van der Waals surface area contributed by atoms with Gasteiger partial charge in [0.05, 0.1) is 11.5 Å². The molecule has 1 amide bonds. The van der Waals surface area contributed by atoms with E-state index in [0.29, 0.717) is 17.5 Å². The number of aromatic hydroxyl groups is 1. The number of amides is 1. The second-order valence-electron chi connectivity index (χ2n) is 9.41. The molecule has 0 radical (unpaired) electrons. The number of rotatable bonds is 3. The average Bonchev–Trinajstić information content (AvgIpc) is 2.81. The lowest BCUT2D eigenvalue weighted by molar-refractivity contribution is -0.126. The maximum atomic E-state index is 13.7. The van der Waals surface area contributed by atoms with Crippen molar-refractivity contribution < 1.29 is 34.5 Å². The molecule has 0 bridgehead atoms. The monoisotopic (exact) mass is 473 g/mol. The van der Waals surface area contributed by atoms with E-state index < -0.39 is 52.3 Å². The van der Waals surface area contributed by atoms with E-state index in [1.807, 2.05) is 6.92 Å². The summed E-state index contributed by atoms with van der Waals surface area (Å²) in [6, 6.07) is 9.99. The minimum absolute atomic E-state index is 0.0175. The second kappa shape index (κ2) is 7.94. The number of carbonyl (C=O) groups is 4. The third kappa shape index (κ3) is 3.20. The van der Waals surface area contributed by atoms with Crippen molar-refractivity contribution in [3.05, 3.63) is 75.8 Å². The Morgan fingerprint density at radius 1 is 1.06 bits per heavy atom. The smallest absolute Gasteiger partial charge is 0.255 e. The van der Waals surface area contributed by atoms with Gasteiger partial charge in [-0.25, -0.2) is 0 Å². The molecule has 35 heavy (non-hydrogen) atoms. The Bertz CT molecular complexity index is 1380. The Morgan fingerprint density at radius 2 is 1.74 bits per heavy atom. The second-order valence-corrected chi connectivity index (χ2v) is 9.41. The van der Waals surface area contributed by atoms with Crippen LogP contribution in [-0.2, 0) is 9.59 Å². The van der Waals surface area contributed by atoms with Crippen LogP contribution in [0.5, 0.6) is 5.75 Å². The van der Waals surface area contributed by atoms with Crippen molar-refractivity contribution in [1.29, 1.82) is 0 Å². The lowest BCUT2D eigenvalue weighted by Crippen LogP contribution is -2.44. The van der Waals surface area contributed by atoms with Crippen molar-refractivity contribution in [2.45, 2.75) is 25.7 Å². The highest BCUT2D eigenvalue weighted by atomic mass is 16.3. The number of Topliss-reactive ketones (excluding diaryl/α,β-unsaturated/α-hetero) is 2. The van der Waals surface area contributed by atoms with Gasteiger partial charge in [0, 0.05) is 17.6 Å². The van der Waals surface area contributed by atoms with E-state index >= 15 is 0 Å². The SMILES string of the molecule is C[C@H]1c2c(-c3ccc(C=O)cc3)ccc(O)c2C(=O)C2=C(O)C3C(=O)C(C(N)=O)=C(O)CC3CC21. The molecule has 5 N–H and O–H groups in total. The summed E-state index contributed by atoms with van der Waals surface area (Å²) in [4.78, 5) is 49.5. The number of aliphatic hydroxyl groups is 2. The van der Waals surface area contributed by atoms with Gasteiger partial charge in [0.1, 0.15) is 29.1 Å². The van der Waals surface area contributed by atoms with E-state index in [4.69, 9.17) is 5.73 Å². The number of benzene rings is 2. The van der Waals surface area contributed by atoms with Crippen LogP contribution in [0.15, 0.2) is 59.1 Å². The van der Waals surface area contributed by atoms with Crippen LogP contribution in [-0.4, -0.2) is 39.1 Å². The number of allylic oxidation sites excluding steroid dienone is 3. The predicted molar refractivity (Wildman–Crippen MR) is 125 cm³/mol. The lowest BCUT2D eigenvalue weighted by Gasteiger charge is -2.43. The first-order valence-corrected chi connectivity index (χ1v) is 11.3. The van der Waals surface area contributed by atoms with E-state index in [9.17, 15) is 34.5 Å². The molecule has 2 aromatic rings. The summed E-state index contributed by atoms with van der Waals surface area (Å²) in [7, 11) is 0. The lowest BCUT2D eigenvalue weighted by atomic mass is 9.59. The highest BCUT2D eigenvalue weighted by Crippen LogP contribution is 2.54. The molecule has 8 nitrogen and oxygen atoms in total. The van der Waals surface area contributed by atoms with Crippen LogP contribution in [0.25, 0.3) is 11.1 Å². The molecule has 5 rings (SSSR count). The van der Waals surface area contributed by atoms with Crippen LogP contribution in [0.1, 0.15) is 52.0 Å². The normalized spacial score (nSPS) is 25.6. The molecule has 3 aliphatic carbocycles. The van der Waals surface area contributed by atoms with Gasteiger partial charge < -0.3 is 21.1 Å². The topological polar surface area (TPSA) is 155 Å². The molecular weight excluding hydrogens is 450 g/mol. The fourth-order valence-corrected chi connectivity index (χ4v) is 6.00. The van der Waals surface area contributed by atoms with Crippen molar-refractivity contribution in [3.8, 4) is 16.9 Å². The number of fused-ring (bicyclic) bond motifs is 3. The Hall–Kier alpha value is -4.20. The van der Waals surface area contributed by atoms with Crippen LogP contribution in [0, 0.1) is 17.8 Å². The quantitative estimate of drug-likeness (QED) is 0.393. The van der Waals surface area contributed by atoms with Crippen molar-refractivity contribution in [3.63, 3.8) is 0 Å². The molecule has 8 heteroatoms. The summed E-state index contributed by atoms with van der Waals surface area (Å²) in [6.45, 7) is 1.89. The molecule has 4 atom stereocenters. The molecule has 178 valence electrons. The standard InChI is InChI=1S/C27H23NO7/c1-11-16-8-14-9-18(31)23(27(28)35)25(33)20(14)24(32)21(16)26(34)22-17(30)7-6-15(19(11)22)13-4-2-12(10-29)3-5-13/h2-7,10-11,14,16,20,30-32H,8-9H2,1H3,(H2,28,35)/t11-,14?,16?,20?/m1/s1. The molecule has 3 unspecified atom stereocenters. The Kier molecular flexibility index (Phi) is 5.12. The Labute approximate surface area is 200 Å². The maximum absolute atomic E-state index is 13.7. The molecule has 3 aliphatic rings. The largest absolute Gasteiger partial charge is 0.511 e. The molecule has 0 saturated carbocycles. The van der Waals surface area contributed by atoms with Gasteiger partial charge in [-0.1, -0.05) is 37.3 Å². The number of phenols is 1. The van der Waals surface area contributed by atoms with Crippen LogP contribution in [0.2, 0.25) is 0 Å². The number of primary amides is 1. The van der Waals surface area contributed by atoms with Crippen LogP contribution in [0.3, 0.4) is 0 Å². The highest BCUT2D eigenvalue weighted by molar-refractivity contribution is 6.22. The summed E-state index contributed by atoms with van der Waals surface area (Å²) in [5, 5.41) is 32.2. The summed E-state index contributed by atoms with van der Waals surface area (Å²) in [5.41, 5.74) is 7.44. The van der Waals surface area contributed by atoms with Gasteiger partial charge in [0.2, 0.25) is 0 Å². The van der Waals surface area contributed by atoms with Gasteiger partial charge in [0.15, 0.2) is 11.6 Å². The van der Waals surface area contributed by atoms with Gasteiger partial charge in [-0.3, -0.25) is 19.2 Å². The van der Waals surface area contributed by atoms with Crippen LogP contribution >= 0.6 is 0 Å². The minimum Gasteiger partial charge on any atom is -0.511 e. The number of aldehydes is 1. The number of carbonyl (C=O) groups excluding carboxylic acids is 4. The molecule has 0 fully saturated rings. The first kappa shape index (κ1) is 22.6. The molecule has 0 heterocycles. The number of phenolic OH excluding ortho intramolecular Hbond substituents is 1. The van der Waals surface area contributed by atoms with E-state index in [1.165, 1.54) is 6.07 Å². The van der Waals surface area contributed by atoms with Crippen molar-refractivity contribution in [2.75, 3.05) is 0 Å². The van der Waals surface area contributed by atoms with Gasteiger partial charge >= 0.3 is 0 Å². The average molecular weight is 473 g/mol. The molecule has 0 spiro atoms. The minimum atomic E-state index is -1.15. The van der Waals surface area contributed by atoms with Crippen molar-refractivity contribution >= 4 is 23.8 Å². The summed E-state index contributed by atoms with van der Waals surface area (Å²) in [6.07, 6.45) is 1.03. The van der Waals surface area contributed by atoms with Crippen molar-refractivity contribution in [1.82, 2.24) is 0 Å². The van der Waals surface area contributed by atoms with Gasteiger partial charge in [-0.15, -0.1) is 0 Å². The highest BCUT2D eigenvalue weighted by Gasteiger charge is 2.52. The Morgan fingerprint density at radius 3 is 2.37 bits per heavy atom. The molecule has 0 saturated heterocycles. The zero-order valence-electron chi connectivity index (χ0n) is 18.8. The molecule has 2 aromatic carbocycles. The van der Waals surface area contributed by atoms with Gasteiger partial charge in [-0.2, -0.15) is 0 Å². The molecular formula is C27H23NO7. The number of ketones is 2. The third-order valence-corrected chi connectivity index (χ3v) is 7.60. The number of nitrogens with two attached hydrogens (primary N) is 1. The summed E-state index contributed by atoms with van der Waals surface area (Å²) >= 11 is 0. The number of hydrogen-bond donors (Lipinski definition) is 4. The molecule has 0 aromatic heterocycles. The predicted octanol–water partition coefficient (Wildman–Crippen LogP) is 3.51. The summed E-state index contributed by atoms with van der Waals surface area (Å²) in [5.74, 6) is -5.98. The van der Waals surface area contributed by atoms with E-state index in [2.05, 4.69) is 0 Å². The fourth-order valence-electron chi connectivity index (χ4n) is 6.00.